The maximum atomic E-state index is 12.6. The molecule has 1 amide bonds. The molecule has 0 fully saturated rings. The Hall–Kier alpha value is -2.08. The second kappa shape index (κ2) is 5.37. The molecule has 0 saturated carbocycles. The van der Waals surface area contributed by atoms with Gasteiger partial charge in [-0.25, -0.2) is 0 Å². The zero-order valence-corrected chi connectivity index (χ0v) is 12.2. The highest BCUT2D eigenvalue weighted by molar-refractivity contribution is 5.94. The summed E-state index contributed by atoms with van der Waals surface area (Å²) in [6.45, 7) is 0.403. The minimum Gasteiger partial charge on any atom is -0.467 e. The van der Waals surface area contributed by atoms with Gasteiger partial charge in [-0.05, 0) is 25.0 Å². The van der Waals surface area contributed by atoms with Crippen LogP contribution in [0, 0.1) is 0 Å². The van der Waals surface area contributed by atoms with E-state index in [1.54, 1.807) is 29.0 Å². The van der Waals surface area contributed by atoms with Gasteiger partial charge in [0.2, 0.25) is 0 Å². The third-order valence-electron chi connectivity index (χ3n) is 3.95. The molecule has 1 unspecified atom stereocenters. The molecule has 0 bridgehead atoms. The van der Waals surface area contributed by atoms with E-state index in [4.69, 9.17) is 4.42 Å². The van der Waals surface area contributed by atoms with Crippen molar-refractivity contribution in [3.63, 3.8) is 0 Å². The molecule has 3 rings (SSSR count). The normalized spacial score (nSPS) is 17.6. The number of aryl methyl sites for hydroxylation is 1. The van der Waals surface area contributed by atoms with Crippen molar-refractivity contribution in [1.82, 2.24) is 14.7 Å². The van der Waals surface area contributed by atoms with E-state index in [9.17, 15) is 9.90 Å². The molecule has 112 valence electrons. The summed E-state index contributed by atoms with van der Waals surface area (Å²) in [4.78, 5) is 14.2. The predicted octanol–water partition coefficient (Wildman–Crippen LogP) is 1.13. The highest BCUT2D eigenvalue weighted by atomic mass is 16.3. The zero-order valence-electron chi connectivity index (χ0n) is 12.2. The van der Waals surface area contributed by atoms with E-state index in [-0.39, 0.29) is 12.0 Å². The van der Waals surface area contributed by atoms with Crippen molar-refractivity contribution >= 4 is 5.91 Å². The lowest BCUT2D eigenvalue weighted by Crippen LogP contribution is -2.28. The Morgan fingerprint density at radius 3 is 3.14 bits per heavy atom. The van der Waals surface area contributed by atoms with Gasteiger partial charge in [-0.1, -0.05) is 0 Å². The van der Waals surface area contributed by atoms with Crippen LogP contribution in [0.3, 0.4) is 0 Å². The Kier molecular flexibility index (Phi) is 3.55. The standard InChI is InChI=1S/C15H19N3O3/c1-17(9-11-4-3-7-21-11)15(20)14-12-8-10(19)5-6-13(12)18(2)16-14/h3-4,7,10,19H,5-6,8-9H2,1-2H3. The van der Waals surface area contributed by atoms with Crippen molar-refractivity contribution < 1.29 is 14.3 Å². The fourth-order valence-electron chi connectivity index (χ4n) is 2.83. The Morgan fingerprint density at radius 2 is 2.43 bits per heavy atom. The van der Waals surface area contributed by atoms with E-state index < -0.39 is 0 Å². The van der Waals surface area contributed by atoms with Gasteiger partial charge in [-0.3, -0.25) is 9.48 Å². The SMILES string of the molecule is CN(Cc1ccco1)C(=O)c1nn(C)c2c1CC(O)CC2. The first-order valence-electron chi connectivity index (χ1n) is 7.07. The lowest BCUT2D eigenvalue weighted by molar-refractivity contribution is 0.0766. The fourth-order valence-corrected chi connectivity index (χ4v) is 2.83. The van der Waals surface area contributed by atoms with Gasteiger partial charge in [0.1, 0.15) is 5.76 Å². The van der Waals surface area contributed by atoms with Crippen molar-refractivity contribution in [2.45, 2.75) is 31.9 Å². The molecule has 1 aliphatic rings. The molecule has 2 heterocycles. The molecule has 1 atom stereocenters. The average Bonchev–Trinajstić information content (AvgIpc) is 3.06. The first-order valence-corrected chi connectivity index (χ1v) is 7.07. The molecule has 0 radical (unpaired) electrons. The summed E-state index contributed by atoms with van der Waals surface area (Å²) in [5, 5.41) is 14.2. The summed E-state index contributed by atoms with van der Waals surface area (Å²) >= 11 is 0. The van der Waals surface area contributed by atoms with Gasteiger partial charge in [0.25, 0.3) is 5.91 Å². The van der Waals surface area contributed by atoms with E-state index >= 15 is 0 Å². The highest BCUT2D eigenvalue weighted by Gasteiger charge is 2.28. The first kappa shape index (κ1) is 13.9. The first-order chi connectivity index (χ1) is 10.1. The third kappa shape index (κ3) is 2.58. The molecule has 0 aliphatic heterocycles. The van der Waals surface area contributed by atoms with Gasteiger partial charge < -0.3 is 14.4 Å². The number of furan rings is 1. The quantitative estimate of drug-likeness (QED) is 0.919. The maximum Gasteiger partial charge on any atom is 0.274 e. The molecule has 1 aliphatic carbocycles. The second-order valence-electron chi connectivity index (χ2n) is 5.53. The maximum absolute atomic E-state index is 12.6. The molecule has 0 spiro atoms. The Morgan fingerprint density at radius 1 is 1.62 bits per heavy atom. The van der Waals surface area contributed by atoms with Gasteiger partial charge in [-0.2, -0.15) is 5.10 Å². The second-order valence-corrected chi connectivity index (χ2v) is 5.53. The van der Waals surface area contributed by atoms with Gasteiger partial charge in [0, 0.05) is 31.8 Å². The summed E-state index contributed by atoms with van der Waals surface area (Å²) in [5.41, 5.74) is 2.38. The van der Waals surface area contributed by atoms with Crippen LogP contribution >= 0.6 is 0 Å². The Balaban J connectivity index is 1.84. The third-order valence-corrected chi connectivity index (χ3v) is 3.95. The molecule has 21 heavy (non-hydrogen) atoms. The summed E-state index contributed by atoms with van der Waals surface area (Å²) in [7, 11) is 3.57. The summed E-state index contributed by atoms with van der Waals surface area (Å²) < 4.78 is 7.02. The van der Waals surface area contributed by atoms with Gasteiger partial charge in [0.15, 0.2) is 5.69 Å². The molecule has 0 aromatic carbocycles. The summed E-state index contributed by atoms with van der Waals surface area (Å²) in [5.74, 6) is 0.591. The van der Waals surface area contributed by atoms with Gasteiger partial charge >= 0.3 is 0 Å². The Bertz CT molecular complexity index is 645. The molecule has 1 N–H and O–H groups in total. The fraction of sp³-hybridized carbons (Fsp3) is 0.467. The molecular formula is C15H19N3O3. The topological polar surface area (TPSA) is 71.5 Å². The van der Waals surface area contributed by atoms with Crippen molar-refractivity contribution in [3.8, 4) is 0 Å². The smallest absolute Gasteiger partial charge is 0.274 e. The van der Waals surface area contributed by atoms with Crippen molar-refractivity contribution in [2.75, 3.05) is 7.05 Å². The number of aliphatic hydroxyl groups excluding tert-OH is 1. The van der Waals surface area contributed by atoms with Crippen LogP contribution in [0.5, 0.6) is 0 Å². The van der Waals surface area contributed by atoms with Crippen LogP contribution in [0.15, 0.2) is 22.8 Å². The number of fused-ring (bicyclic) bond motifs is 1. The molecule has 2 aromatic heterocycles. The number of hydrogen-bond donors (Lipinski definition) is 1. The van der Waals surface area contributed by atoms with Crippen LogP contribution in [-0.4, -0.2) is 38.8 Å². The van der Waals surface area contributed by atoms with Gasteiger partial charge in [0.05, 0.1) is 18.9 Å². The van der Waals surface area contributed by atoms with E-state index in [1.165, 1.54) is 0 Å². The number of aliphatic hydroxyl groups is 1. The van der Waals surface area contributed by atoms with Crippen molar-refractivity contribution in [2.24, 2.45) is 7.05 Å². The summed E-state index contributed by atoms with van der Waals surface area (Å²) in [6.07, 6.45) is 3.19. The van der Waals surface area contributed by atoms with Gasteiger partial charge in [-0.15, -0.1) is 0 Å². The number of amides is 1. The van der Waals surface area contributed by atoms with E-state index in [0.717, 1.165) is 29.9 Å². The van der Waals surface area contributed by atoms with Crippen molar-refractivity contribution in [1.29, 1.82) is 0 Å². The van der Waals surface area contributed by atoms with E-state index in [2.05, 4.69) is 5.10 Å². The number of nitrogens with zero attached hydrogens (tertiary/aromatic N) is 3. The van der Waals surface area contributed by atoms with Crippen LogP contribution in [0.2, 0.25) is 0 Å². The molecule has 2 aromatic rings. The summed E-state index contributed by atoms with van der Waals surface area (Å²) in [6, 6.07) is 3.63. The van der Waals surface area contributed by atoms with E-state index in [0.29, 0.717) is 18.7 Å². The molecule has 0 saturated heterocycles. The average molecular weight is 289 g/mol. The lowest BCUT2D eigenvalue weighted by atomic mass is 9.93. The van der Waals surface area contributed by atoms with Crippen LogP contribution in [-0.2, 0) is 26.4 Å². The number of hydrogen-bond acceptors (Lipinski definition) is 4. The monoisotopic (exact) mass is 289 g/mol. The van der Waals surface area contributed by atoms with Crippen LogP contribution < -0.4 is 0 Å². The molecule has 6 heteroatoms. The molecular weight excluding hydrogens is 270 g/mol. The number of carbonyl (C=O) groups is 1. The number of rotatable bonds is 3. The van der Waals surface area contributed by atoms with Crippen LogP contribution in [0.1, 0.15) is 33.9 Å². The number of aromatic nitrogens is 2. The number of carbonyl (C=O) groups excluding carboxylic acids is 1. The van der Waals surface area contributed by atoms with E-state index in [1.807, 2.05) is 13.1 Å². The largest absolute Gasteiger partial charge is 0.467 e. The van der Waals surface area contributed by atoms with Crippen molar-refractivity contribution in [3.05, 3.63) is 41.1 Å². The minimum atomic E-state index is -0.386. The predicted molar refractivity (Wildman–Crippen MR) is 75.7 cm³/mol. The lowest BCUT2D eigenvalue weighted by Gasteiger charge is -2.19. The zero-order chi connectivity index (χ0) is 15.0. The van der Waals surface area contributed by atoms with Crippen LogP contribution in [0.4, 0.5) is 0 Å². The highest BCUT2D eigenvalue weighted by Crippen LogP contribution is 2.25. The minimum absolute atomic E-state index is 0.141. The Labute approximate surface area is 123 Å². The van der Waals surface area contributed by atoms with Crippen LogP contribution in [0.25, 0.3) is 0 Å². The molecule has 6 nitrogen and oxygen atoms in total.